The highest BCUT2D eigenvalue weighted by molar-refractivity contribution is 7.98. The van der Waals surface area contributed by atoms with Gasteiger partial charge < -0.3 is 4.90 Å². The summed E-state index contributed by atoms with van der Waals surface area (Å²) in [6, 6.07) is 8.69. The van der Waals surface area contributed by atoms with Gasteiger partial charge in [-0.2, -0.15) is 11.8 Å². The molecule has 0 N–H and O–H groups in total. The van der Waals surface area contributed by atoms with Gasteiger partial charge >= 0.3 is 0 Å². The summed E-state index contributed by atoms with van der Waals surface area (Å²) in [5.41, 5.74) is 4.55. The standard InChI is InChI=1S/C17H23N3S2/c1-6-20(17-18-12(2)9-13(3)19-17)15-8-7-14(11-21-4)10-16(15)22-5/h7-10H,6,11H2,1-5H3. The van der Waals surface area contributed by atoms with Gasteiger partial charge in [0.25, 0.3) is 0 Å². The van der Waals surface area contributed by atoms with E-state index in [1.54, 1.807) is 11.8 Å². The van der Waals surface area contributed by atoms with E-state index in [4.69, 9.17) is 0 Å². The molecule has 2 aromatic rings. The lowest BCUT2D eigenvalue weighted by molar-refractivity contribution is 0.910. The maximum Gasteiger partial charge on any atom is 0.230 e. The summed E-state index contributed by atoms with van der Waals surface area (Å²) in [6.45, 7) is 7.02. The van der Waals surface area contributed by atoms with Crippen LogP contribution in [0.2, 0.25) is 0 Å². The third-order valence-corrected chi connectivity index (χ3v) is 4.76. The molecule has 1 heterocycles. The molecular weight excluding hydrogens is 310 g/mol. The molecule has 0 aliphatic rings. The Labute approximate surface area is 141 Å². The number of benzene rings is 1. The van der Waals surface area contributed by atoms with Gasteiger partial charge in [-0.1, -0.05) is 6.07 Å². The van der Waals surface area contributed by atoms with E-state index < -0.39 is 0 Å². The fourth-order valence-electron chi connectivity index (χ4n) is 2.45. The molecule has 0 bridgehead atoms. The molecule has 0 saturated carbocycles. The van der Waals surface area contributed by atoms with Gasteiger partial charge in [0.05, 0.1) is 5.69 Å². The molecule has 5 heteroatoms. The maximum atomic E-state index is 4.62. The van der Waals surface area contributed by atoms with E-state index in [1.807, 2.05) is 31.7 Å². The van der Waals surface area contributed by atoms with Crippen LogP contribution < -0.4 is 4.90 Å². The first kappa shape index (κ1) is 17.2. The zero-order valence-corrected chi connectivity index (χ0v) is 15.5. The lowest BCUT2D eigenvalue weighted by Gasteiger charge is -2.24. The highest BCUT2D eigenvalue weighted by Crippen LogP contribution is 2.33. The molecule has 0 aliphatic heterocycles. The zero-order valence-electron chi connectivity index (χ0n) is 13.9. The van der Waals surface area contributed by atoms with Crippen molar-refractivity contribution >= 4 is 35.2 Å². The average Bonchev–Trinajstić information content (AvgIpc) is 2.48. The molecule has 0 aliphatic carbocycles. The molecule has 0 spiro atoms. The van der Waals surface area contributed by atoms with Crippen molar-refractivity contribution in [3.63, 3.8) is 0 Å². The Balaban J connectivity index is 2.46. The average molecular weight is 334 g/mol. The van der Waals surface area contributed by atoms with Crippen molar-refractivity contribution in [3.05, 3.63) is 41.2 Å². The van der Waals surface area contributed by atoms with Crippen LogP contribution in [0, 0.1) is 13.8 Å². The third kappa shape index (κ3) is 3.96. The Hall–Kier alpha value is -1.20. The molecule has 1 aromatic heterocycles. The number of aromatic nitrogens is 2. The number of aryl methyl sites for hydroxylation is 2. The Morgan fingerprint density at radius 1 is 1.05 bits per heavy atom. The summed E-state index contributed by atoms with van der Waals surface area (Å²) in [7, 11) is 0. The van der Waals surface area contributed by atoms with Crippen molar-refractivity contribution in [1.29, 1.82) is 0 Å². The van der Waals surface area contributed by atoms with Crippen molar-refractivity contribution in [1.82, 2.24) is 9.97 Å². The van der Waals surface area contributed by atoms with E-state index in [0.29, 0.717) is 0 Å². The Morgan fingerprint density at radius 2 is 1.73 bits per heavy atom. The second-order valence-corrected chi connectivity index (χ2v) is 6.85. The predicted octanol–water partition coefficient (Wildman–Crippen LogP) is 4.84. The lowest BCUT2D eigenvalue weighted by atomic mass is 10.2. The molecule has 0 saturated heterocycles. The monoisotopic (exact) mass is 333 g/mol. The van der Waals surface area contributed by atoms with Crippen LogP contribution in [0.3, 0.4) is 0 Å². The SMILES string of the molecule is CCN(c1nc(C)cc(C)n1)c1ccc(CSC)cc1SC. The number of hydrogen-bond donors (Lipinski definition) is 0. The van der Waals surface area contributed by atoms with Gasteiger partial charge in [0, 0.05) is 28.6 Å². The predicted molar refractivity (Wildman–Crippen MR) is 99.6 cm³/mol. The zero-order chi connectivity index (χ0) is 16.1. The van der Waals surface area contributed by atoms with Crippen LogP contribution in [0.1, 0.15) is 23.9 Å². The van der Waals surface area contributed by atoms with Gasteiger partial charge in [0.15, 0.2) is 0 Å². The lowest BCUT2D eigenvalue weighted by Crippen LogP contribution is -2.20. The van der Waals surface area contributed by atoms with Crippen molar-refractivity contribution in [2.24, 2.45) is 0 Å². The summed E-state index contributed by atoms with van der Waals surface area (Å²) in [5.74, 6) is 1.83. The highest BCUT2D eigenvalue weighted by atomic mass is 32.2. The van der Waals surface area contributed by atoms with Gasteiger partial charge in [-0.3, -0.25) is 0 Å². The van der Waals surface area contributed by atoms with E-state index >= 15 is 0 Å². The van der Waals surface area contributed by atoms with E-state index in [2.05, 4.69) is 52.5 Å². The number of nitrogens with zero attached hydrogens (tertiary/aromatic N) is 3. The van der Waals surface area contributed by atoms with Gasteiger partial charge in [0.2, 0.25) is 5.95 Å². The minimum absolute atomic E-state index is 0.785. The summed E-state index contributed by atoms with van der Waals surface area (Å²) in [4.78, 5) is 12.7. The molecule has 118 valence electrons. The van der Waals surface area contributed by atoms with Gasteiger partial charge in [-0.25, -0.2) is 9.97 Å². The minimum Gasteiger partial charge on any atom is -0.310 e. The largest absolute Gasteiger partial charge is 0.310 e. The Kier molecular flexibility index (Phi) is 6.15. The first-order valence-corrected chi connectivity index (χ1v) is 9.96. The number of anilines is 2. The minimum atomic E-state index is 0.785. The van der Waals surface area contributed by atoms with E-state index in [-0.39, 0.29) is 0 Å². The first-order chi connectivity index (χ1) is 10.6. The van der Waals surface area contributed by atoms with E-state index in [1.165, 1.54) is 16.1 Å². The molecule has 0 unspecified atom stereocenters. The van der Waals surface area contributed by atoms with Crippen LogP contribution in [0.4, 0.5) is 11.6 Å². The normalized spacial score (nSPS) is 10.8. The second-order valence-electron chi connectivity index (χ2n) is 5.13. The quantitative estimate of drug-likeness (QED) is 0.706. The fourth-order valence-corrected chi connectivity index (χ4v) is 3.62. The third-order valence-electron chi connectivity index (χ3n) is 3.37. The molecule has 2 rings (SSSR count). The smallest absolute Gasteiger partial charge is 0.230 e. The van der Waals surface area contributed by atoms with Crippen molar-refractivity contribution in [2.75, 3.05) is 24.0 Å². The highest BCUT2D eigenvalue weighted by Gasteiger charge is 2.15. The summed E-state index contributed by atoms with van der Waals surface area (Å²) in [6.07, 6.45) is 4.26. The van der Waals surface area contributed by atoms with Gasteiger partial charge in [0.1, 0.15) is 0 Å². The van der Waals surface area contributed by atoms with Crippen molar-refractivity contribution in [2.45, 2.75) is 31.4 Å². The summed E-state index contributed by atoms with van der Waals surface area (Å²) < 4.78 is 0. The second kappa shape index (κ2) is 7.88. The molecule has 0 radical (unpaired) electrons. The first-order valence-electron chi connectivity index (χ1n) is 7.34. The van der Waals surface area contributed by atoms with Crippen LogP contribution in [0.15, 0.2) is 29.2 Å². The molecule has 3 nitrogen and oxygen atoms in total. The van der Waals surface area contributed by atoms with Gasteiger partial charge in [-0.05, 0) is 57.0 Å². The molecule has 0 amide bonds. The molecule has 1 aromatic carbocycles. The molecule has 0 fully saturated rings. The van der Waals surface area contributed by atoms with Crippen LogP contribution in [0.25, 0.3) is 0 Å². The molecule has 22 heavy (non-hydrogen) atoms. The van der Waals surface area contributed by atoms with E-state index in [0.717, 1.165) is 29.6 Å². The molecular formula is C17H23N3S2. The number of thioether (sulfide) groups is 2. The van der Waals surface area contributed by atoms with Gasteiger partial charge in [-0.15, -0.1) is 11.8 Å². The topological polar surface area (TPSA) is 29.0 Å². The Morgan fingerprint density at radius 3 is 2.27 bits per heavy atom. The van der Waals surface area contributed by atoms with E-state index in [9.17, 15) is 0 Å². The number of hydrogen-bond acceptors (Lipinski definition) is 5. The van der Waals surface area contributed by atoms with Crippen molar-refractivity contribution in [3.8, 4) is 0 Å². The van der Waals surface area contributed by atoms with Crippen LogP contribution in [0.5, 0.6) is 0 Å². The summed E-state index contributed by atoms with van der Waals surface area (Å²) >= 11 is 3.62. The van der Waals surface area contributed by atoms with Crippen LogP contribution in [-0.2, 0) is 5.75 Å². The Bertz CT molecular complexity index is 624. The van der Waals surface area contributed by atoms with Crippen LogP contribution in [-0.4, -0.2) is 29.0 Å². The fraction of sp³-hybridized carbons (Fsp3) is 0.412. The molecule has 0 atom stereocenters. The van der Waals surface area contributed by atoms with Crippen molar-refractivity contribution < 1.29 is 0 Å². The van der Waals surface area contributed by atoms with Crippen LogP contribution >= 0.6 is 23.5 Å². The number of rotatable bonds is 6. The maximum absolute atomic E-state index is 4.62. The summed E-state index contributed by atoms with van der Waals surface area (Å²) in [5, 5.41) is 0.